The summed E-state index contributed by atoms with van der Waals surface area (Å²) in [6.07, 6.45) is 7.17. The van der Waals surface area contributed by atoms with Crippen molar-refractivity contribution in [3.63, 3.8) is 0 Å². The number of hydrogen-bond acceptors (Lipinski definition) is 5. The first-order valence-electron chi connectivity index (χ1n) is 9.03. The maximum Gasteiger partial charge on any atom is 0.226 e. The van der Waals surface area contributed by atoms with Crippen LogP contribution in [0.1, 0.15) is 41.9 Å². The zero-order chi connectivity index (χ0) is 16.3. The number of hydrogen-bond donors (Lipinski definition) is 1. The van der Waals surface area contributed by atoms with Crippen LogP contribution < -0.4 is 10.2 Å². The van der Waals surface area contributed by atoms with E-state index in [4.69, 9.17) is 4.98 Å². The lowest BCUT2D eigenvalue weighted by molar-refractivity contribution is -0.125. The van der Waals surface area contributed by atoms with Gasteiger partial charge in [0.05, 0.1) is 11.3 Å². The average Bonchev–Trinajstić information content (AvgIpc) is 3.23. The summed E-state index contributed by atoms with van der Waals surface area (Å²) in [5.41, 5.74) is 1.47. The van der Waals surface area contributed by atoms with Gasteiger partial charge in [-0.05, 0) is 51.0 Å². The molecule has 0 bridgehead atoms. The molecule has 24 heavy (non-hydrogen) atoms. The molecule has 5 rings (SSSR count). The van der Waals surface area contributed by atoms with E-state index in [1.807, 2.05) is 18.3 Å². The third kappa shape index (κ3) is 2.39. The summed E-state index contributed by atoms with van der Waals surface area (Å²) in [7, 11) is 0. The Balaban J connectivity index is 1.44. The van der Waals surface area contributed by atoms with Crippen LogP contribution in [0.4, 0.5) is 5.82 Å². The topological polar surface area (TPSA) is 58.1 Å². The Morgan fingerprint density at radius 1 is 1.21 bits per heavy atom. The van der Waals surface area contributed by atoms with Gasteiger partial charge in [0.25, 0.3) is 0 Å². The van der Waals surface area contributed by atoms with Gasteiger partial charge in [-0.2, -0.15) is 0 Å². The number of nitrogens with zero attached hydrogens (tertiary/aromatic N) is 3. The van der Waals surface area contributed by atoms with E-state index in [0.717, 1.165) is 48.8 Å². The highest BCUT2D eigenvalue weighted by Crippen LogP contribution is 2.41. The van der Waals surface area contributed by atoms with E-state index in [-0.39, 0.29) is 11.8 Å². The van der Waals surface area contributed by atoms with Crippen LogP contribution in [0, 0.1) is 12.8 Å². The largest absolute Gasteiger partial charge is 0.354 e. The van der Waals surface area contributed by atoms with E-state index in [0.29, 0.717) is 6.04 Å². The van der Waals surface area contributed by atoms with Crippen molar-refractivity contribution in [1.29, 1.82) is 0 Å². The first kappa shape index (κ1) is 14.6. The molecule has 2 aromatic rings. The number of carbonyl (C=O) groups excluding carboxylic acids is 1. The molecule has 0 spiro atoms. The van der Waals surface area contributed by atoms with Crippen molar-refractivity contribution in [2.75, 3.05) is 18.0 Å². The lowest BCUT2D eigenvalue weighted by Crippen LogP contribution is -2.54. The van der Waals surface area contributed by atoms with Crippen molar-refractivity contribution in [1.82, 2.24) is 15.3 Å². The maximum absolute atomic E-state index is 12.2. The summed E-state index contributed by atoms with van der Waals surface area (Å²) < 4.78 is 0. The molecule has 0 atom stereocenters. The van der Waals surface area contributed by atoms with Gasteiger partial charge in [0.2, 0.25) is 5.91 Å². The summed E-state index contributed by atoms with van der Waals surface area (Å²) in [5.74, 6) is 2.24. The Bertz CT molecular complexity index is 820. The average molecular weight is 342 g/mol. The fourth-order valence-electron chi connectivity index (χ4n) is 3.83. The van der Waals surface area contributed by atoms with Crippen molar-refractivity contribution < 1.29 is 4.79 Å². The SMILES string of the molecule is Cc1nc(N2CC(C(=O)NC3CC3)C2)c2c3c(sc2n1)CCCC3. The summed E-state index contributed by atoms with van der Waals surface area (Å²) in [5, 5.41) is 4.39. The molecule has 5 nitrogen and oxygen atoms in total. The van der Waals surface area contributed by atoms with Crippen LogP contribution in [0.5, 0.6) is 0 Å². The van der Waals surface area contributed by atoms with Crippen molar-refractivity contribution in [3.8, 4) is 0 Å². The van der Waals surface area contributed by atoms with Gasteiger partial charge in [0.1, 0.15) is 16.5 Å². The molecule has 2 fully saturated rings. The number of anilines is 1. The Morgan fingerprint density at radius 3 is 2.79 bits per heavy atom. The first-order chi connectivity index (χ1) is 11.7. The van der Waals surface area contributed by atoms with Crippen molar-refractivity contribution in [2.45, 2.75) is 51.5 Å². The number of rotatable bonds is 3. The molecule has 1 saturated heterocycles. The van der Waals surface area contributed by atoms with Gasteiger partial charge in [0.15, 0.2) is 0 Å². The van der Waals surface area contributed by atoms with E-state index in [2.05, 4.69) is 15.2 Å². The standard InChI is InChI=1S/C18H22N4OS/c1-10-19-16(22-8-11(9-22)17(23)21-12-6-7-12)15-13-4-2-3-5-14(13)24-18(15)20-10/h11-12H,2-9H2,1H3,(H,21,23). The molecule has 1 N–H and O–H groups in total. The van der Waals surface area contributed by atoms with Gasteiger partial charge >= 0.3 is 0 Å². The molecule has 3 aliphatic rings. The molecule has 0 radical (unpaired) electrons. The molecule has 0 aromatic carbocycles. The second-order valence-electron chi connectivity index (χ2n) is 7.37. The Hall–Kier alpha value is -1.69. The third-order valence-electron chi connectivity index (χ3n) is 5.38. The van der Waals surface area contributed by atoms with E-state index < -0.39 is 0 Å². The maximum atomic E-state index is 12.2. The molecule has 1 aliphatic heterocycles. The lowest BCUT2D eigenvalue weighted by atomic mass is 9.95. The molecule has 1 amide bonds. The summed E-state index contributed by atoms with van der Waals surface area (Å²) >= 11 is 1.85. The first-order valence-corrected chi connectivity index (χ1v) is 9.85. The highest BCUT2D eigenvalue weighted by atomic mass is 32.1. The van der Waals surface area contributed by atoms with Gasteiger partial charge in [-0.1, -0.05) is 0 Å². The number of amides is 1. The number of aromatic nitrogens is 2. The molecule has 2 aliphatic carbocycles. The second-order valence-corrected chi connectivity index (χ2v) is 8.45. The minimum Gasteiger partial charge on any atom is -0.354 e. The third-order valence-corrected chi connectivity index (χ3v) is 6.57. The van der Waals surface area contributed by atoms with Crippen molar-refractivity contribution >= 4 is 33.3 Å². The van der Waals surface area contributed by atoms with E-state index in [1.165, 1.54) is 35.1 Å². The normalized spacial score (nSPS) is 20.8. The summed E-state index contributed by atoms with van der Waals surface area (Å²) in [4.78, 5) is 26.6. The Morgan fingerprint density at radius 2 is 2.00 bits per heavy atom. The van der Waals surface area contributed by atoms with Crippen LogP contribution in [0.2, 0.25) is 0 Å². The number of nitrogens with one attached hydrogen (secondary N) is 1. The quantitative estimate of drug-likeness (QED) is 0.931. The molecular weight excluding hydrogens is 320 g/mol. The molecule has 1 saturated carbocycles. The fourth-order valence-corrected chi connectivity index (χ4v) is 5.14. The molecule has 0 unspecified atom stereocenters. The molecule has 2 aromatic heterocycles. The van der Waals surface area contributed by atoms with Crippen LogP contribution in [0.15, 0.2) is 0 Å². The van der Waals surface area contributed by atoms with Gasteiger partial charge < -0.3 is 10.2 Å². The fraction of sp³-hybridized carbons (Fsp3) is 0.611. The zero-order valence-corrected chi connectivity index (χ0v) is 14.8. The van der Waals surface area contributed by atoms with Crippen molar-refractivity contribution in [3.05, 3.63) is 16.3 Å². The molecule has 6 heteroatoms. The zero-order valence-electron chi connectivity index (χ0n) is 14.0. The van der Waals surface area contributed by atoms with Gasteiger partial charge in [-0.25, -0.2) is 9.97 Å². The monoisotopic (exact) mass is 342 g/mol. The lowest BCUT2D eigenvalue weighted by Gasteiger charge is -2.39. The summed E-state index contributed by atoms with van der Waals surface area (Å²) in [6.45, 7) is 3.54. The highest BCUT2D eigenvalue weighted by molar-refractivity contribution is 7.19. The number of thiophene rings is 1. The minimum absolute atomic E-state index is 0.116. The predicted molar refractivity (Wildman–Crippen MR) is 95.7 cm³/mol. The van der Waals surface area contributed by atoms with Crippen LogP contribution in [-0.4, -0.2) is 35.0 Å². The predicted octanol–water partition coefficient (Wildman–Crippen LogP) is 2.59. The van der Waals surface area contributed by atoms with Gasteiger partial charge in [-0.3, -0.25) is 4.79 Å². The van der Waals surface area contributed by atoms with E-state index in [9.17, 15) is 4.79 Å². The van der Waals surface area contributed by atoms with Crippen LogP contribution in [-0.2, 0) is 17.6 Å². The number of fused-ring (bicyclic) bond motifs is 3. The number of carbonyl (C=O) groups is 1. The second kappa shape index (κ2) is 5.41. The Kier molecular flexibility index (Phi) is 3.30. The minimum atomic E-state index is 0.116. The number of aryl methyl sites for hydroxylation is 3. The Labute approximate surface area is 145 Å². The smallest absolute Gasteiger partial charge is 0.226 e. The molecule has 126 valence electrons. The van der Waals surface area contributed by atoms with Gasteiger partial charge in [-0.15, -0.1) is 11.3 Å². The molecular formula is C18H22N4OS. The van der Waals surface area contributed by atoms with E-state index >= 15 is 0 Å². The van der Waals surface area contributed by atoms with Crippen LogP contribution in [0.25, 0.3) is 10.2 Å². The summed E-state index contributed by atoms with van der Waals surface area (Å²) in [6, 6.07) is 0.448. The molecule has 3 heterocycles. The van der Waals surface area contributed by atoms with E-state index in [1.54, 1.807) is 0 Å². The van der Waals surface area contributed by atoms with Crippen LogP contribution in [0.3, 0.4) is 0 Å². The van der Waals surface area contributed by atoms with Gasteiger partial charge in [0, 0.05) is 24.0 Å². The highest BCUT2D eigenvalue weighted by Gasteiger charge is 2.37. The van der Waals surface area contributed by atoms with Crippen molar-refractivity contribution in [2.24, 2.45) is 5.92 Å². The van der Waals surface area contributed by atoms with Crippen LogP contribution >= 0.6 is 11.3 Å².